The molecular formula is C20H14FN3O3S. The highest BCUT2D eigenvalue weighted by Gasteiger charge is 2.18. The van der Waals surface area contributed by atoms with E-state index in [4.69, 9.17) is 5.11 Å². The number of benzene rings is 2. The van der Waals surface area contributed by atoms with Crippen molar-refractivity contribution in [1.29, 1.82) is 0 Å². The molecule has 0 aliphatic heterocycles. The molecule has 0 atom stereocenters. The van der Waals surface area contributed by atoms with Crippen LogP contribution >= 0.6 is 11.3 Å². The predicted octanol–water partition coefficient (Wildman–Crippen LogP) is 4.46. The van der Waals surface area contributed by atoms with Gasteiger partial charge in [0.05, 0.1) is 11.3 Å². The number of nitrogens with zero attached hydrogens (tertiary/aromatic N) is 2. The van der Waals surface area contributed by atoms with Gasteiger partial charge in [0.15, 0.2) is 4.96 Å². The Bertz CT molecular complexity index is 1190. The van der Waals surface area contributed by atoms with Crippen LogP contribution < -0.4 is 5.32 Å². The molecule has 0 saturated heterocycles. The lowest BCUT2D eigenvalue weighted by molar-refractivity contribution is 0.0696. The standard InChI is InChI=1S/C20H14FN3O3S/c1-11-17(18(25)22-15-8-4-13(5-9-15)19(26)27)28-20-23-16(10-24(11)20)12-2-6-14(21)7-3-12/h2-10H,1H3,(H,22,25)(H,26,27). The Kier molecular flexibility index (Phi) is 4.40. The highest BCUT2D eigenvalue weighted by Crippen LogP contribution is 2.28. The van der Waals surface area contributed by atoms with Crippen molar-refractivity contribution < 1.29 is 19.1 Å². The predicted molar refractivity (Wildman–Crippen MR) is 105 cm³/mol. The molecule has 2 N–H and O–H groups in total. The minimum Gasteiger partial charge on any atom is -0.478 e. The quantitative estimate of drug-likeness (QED) is 0.534. The lowest BCUT2D eigenvalue weighted by Gasteiger charge is -2.05. The molecule has 2 heterocycles. The van der Waals surface area contributed by atoms with Gasteiger partial charge in [0.25, 0.3) is 5.91 Å². The number of nitrogens with one attached hydrogen (secondary N) is 1. The lowest BCUT2D eigenvalue weighted by Crippen LogP contribution is -2.12. The minimum absolute atomic E-state index is 0.150. The van der Waals surface area contributed by atoms with Gasteiger partial charge in [0, 0.05) is 23.1 Å². The molecular weight excluding hydrogens is 381 g/mol. The van der Waals surface area contributed by atoms with Crippen molar-refractivity contribution in [3.63, 3.8) is 0 Å². The van der Waals surface area contributed by atoms with Gasteiger partial charge in [-0.3, -0.25) is 9.20 Å². The first kappa shape index (κ1) is 17.9. The summed E-state index contributed by atoms with van der Waals surface area (Å²) in [5.41, 5.74) is 2.89. The largest absolute Gasteiger partial charge is 0.478 e. The first-order chi connectivity index (χ1) is 13.4. The number of fused-ring (bicyclic) bond motifs is 1. The minimum atomic E-state index is -1.02. The van der Waals surface area contributed by atoms with E-state index in [9.17, 15) is 14.0 Å². The van der Waals surface area contributed by atoms with Crippen LogP contribution in [0.1, 0.15) is 25.7 Å². The molecule has 0 spiro atoms. The molecule has 0 bridgehead atoms. The van der Waals surface area contributed by atoms with Crippen molar-refractivity contribution in [1.82, 2.24) is 9.38 Å². The third-order valence-corrected chi connectivity index (χ3v) is 5.45. The fraction of sp³-hybridized carbons (Fsp3) is 0.0500. The van der Waals surface area contributed by atoms with Crippen LogP contribution in [0.2, 0.25) is 0 Å². The summed E-state index contributed by atoms with van der Waals surface area (Å²) in [6.07, 6.45) is 1.81. The molecule has 8 heteroatoms. The summed E-state index contributed by atoms with van der Waals surface area (Å²) in [7, 11) is 0. The Morgan fingerprint density at radius 2 is 1.79 bits per heavy atom. The van der Waals surface area contributed by atoms with Crippen LogP contribution in [0.25, 0.3) is 16.2 Å². The first-order valence-electron chi connectivity index (χ1n) is 8.31. The molecule has 2 aromatic heterocycles. The van der Waals surface area contributed by atoms with E-state index in [2.05, 4.69) is 10.3 Å². The molecule has 4 aromatic rings. The van der Waals surface area contributed by atoms with Gasteiger partial charge in [0.2, 0.25) is 0 Å². The van der Waals surface area contributed by atoms with Crippen LogP contribution in [0.3, 0.4) is 0 Å². The normalized spacial score (nSPS) is 10.9. The molecule has 140 valence electrons. The molecule has 2 aromatic carbocycles. The van der Waals surface area contributed by atoms with Crippen molar-refractivity contribution in [3.8, 4) is 11.3 Å². The second kappa shape index (κ2) is 6.90. The summed E-state index contributed by atoms with van der Waals surface area (Å²) in [5, 5.41) is 11.7. The highest BCUT2D eigenvalue weighted by molar-refractivity contribution is 7.19. The smallest absolute Gasteiger partial charge is 0.335 e. The monoisotopic (exact) mass is 395 g/mol. The number of anilines is 1. The Balaban J connectivity index is 1.59. The summed E-state index contributed by atoms with van der Waals surface area (Å²) < 4.78 is 14.9. The van der Waals surface area contributed by atoms with Crippen molar-refractivity contribution in [3.05, 3.63) is 76.7 Å². The van der Waals surface area contributed by atoms with E-state index in [1.165, 1.54) is 35.6 Å². The van der Waals surface area contributed by atoms with Crippen LogP contribution in [-0.2, 0) is 0 Å². The number of aromatic carboxylic acids is 1. The number of halogens is 1. The fourth-order valence-corrected chi connectivity index (χ4v) is 3.81. The molecule has 1 amide bonds. The van der Waals surface area contributed by atoms with Crippen molar-refractivity contribution in [2.75, 3.05) is 5.32 Å². The Labute approximate surface area is 162 Å². The number of aryl methyl sites for hydroxylation is 1. The molecule has 0 aliphatic rings. The lowest BCUT2D eigenvalue weighted by atomic mass is 10.2. The highest BCUT2D eigenvalue weighted by atomic mass is 32.1. The number of amides is 1. The number of hydrogen-bond donors (Lipinski definition) is 2. The number of thiazole rings is 1. The van der Waals surface area contributed by atoms with Gasteiger partial charge in [-0.15, -0.1) is 0 Å². The summed E-state index contributed by atoms with van der Waals surface area (Å²) in [6, 6.07) is 12.0. The van der Waals surface area contributed by atoms with E-state index in [0.29, 0.717) is 21.2 Å². The van der Waals surface area contributed by atoms with Gasteiger partial charge in [-0.25, -0.2) is 14.2 Å². The number of carboxylic acid groups (broad SMARTS) is 1. The number of carboxylic acids is 1. The molecule has 0 fully saturated rings. The van der Waals surface area contributed by atoms with E-state index in [1.807, 2.05) is 17.5 Å². The summed E-state index contributed by atoms with van der Waals surface area (Å²) in [4.78, 5) is 29.2. The van der Waals surface area contributed by atoms with Crippen molar-refractivity contribution in [2.24, 2.45) is 0 Å². The number of rotatable bonds is 4. The topological polar surface area (TPSA) is 83.7 Å². The molecule has 0 unspecified atom stereocenters. The molecule has 6 nitrogen and oxygen atoms in total. The van der Waals surface area contributed by atoms with Gasteiger partial charge in [-0.2, -0.15) is 0 Å². The zero-order valence-electron chi connectivity index (χ0n) is 14.6. The number of carbonyl (C=O) groups is 2. The summed E-state index contributed by atoms with van der Waals surface area (Å²) in [6.45, 7) is 1.82. The number of imidazole rings is 1. The maximum atomic E-state index is 13.1. The molecule has 0 saturated carbocycles. The Morgan fingerprint density at radius 3 is 2.39 bits per heavy atom. The van der Waals surface area contributed by atoms with E-state index >= 15 is 0 Å². The SMILES string of the molecule is Cc1c(C(=O)Nc2ccc(C(=O)O)cc2)sc2nc(-c3ccc(F)cc3)cn12. The van der Waals surface area contributed by atoms with Crippen LogP contribution in [-0.4, -0.2) is 26.4 Å². The Hall–Kier alpha value is -3.52. The van der Waals surface area contributed by atoms with Crippen molar-refractivity contribution >= 4 is 33.9 Å². The first-order valence-corrected chi connectivity index (χ1v) is 9.13. The number of carbonyl (C=O) groups excluding carboxylic acids is 1. The van der Waals surface area contributed by atoms with E-state index < -0.39 is 5.97 Å². The number of hydrogen-bond acceptors (Lipinski definition) is 4. The zero-order chi connectivity index (χ0) is 19.8. The van der Waals surface area contributed by atoms with Gasteiger partial charge in [0.1, 0.15) is 10.7 Å². The molecule has 0 aliphatic carbocycles. The summed E-state index contributed by atoms with van der Waals surface area (Å²) >= 11 is 1.25. The van der Waals surface area contributed by atoms with Crippen LogP contribution in [0.5, 0.6) is 0 Å². The maximum Gasteiger partial charge on any atom is 0.335 e. The number of aromatic nitrogens is 2. The van der Waals surface area contributed by atoms with Gasteiger partial charge in [-0.05, 0) is 55.5 Å². The van der Waals surface area contributed by atoms with Gasteiger partial charge >= 0.3 is 5.97 Å². The summed E-state index contributed by atoms with van der Waals surface area (Å²) in [5.74, 6) is -1.62. The van der Waals surface area contributed by atoms with Crippen LogP contribution in [0.15, 0.2) is 54.7 Å². The maximum absolute atomic E-state index is 13.1. The van der Waals surface area contributed by atoms with Crippen LogP contribution in [0.4, 0.5) is 10.1 Å². The van der Waals surface area contributed by atoms with Crippen molar-refractivity contribution in [2.45, 2.75) is 6.92 Å². The van der Waals surface area contributed by atoms with Gasteiger partial charge in [-0.1, -0.05) is 11.3 Å². The van der Waals surface area contributed by atoms with Crippen LogP contribution in [0, 0.1) is 12.7 Å². The third-order valence-electron chi connectivity index (χ3n) is 4.29. The third kappa shape index (κ3) is 3.25. The van der Waals surface area contributed by atoms with E-state index in [0.717, 1.165) is 11.3 Å². The van der Waals surface area contributed by atoms with Gasteiger partial charge < -0.3 is 10.4 Å². The average Bonchev–Trinajstić information content (AvgIpc) is 3.22. The molecule has 28 heavy (non-hydrogen) atoms. The second-order valence-corrected chi connectivity index (χ2v) is 7.12. The Morgan fingerprint density at radius 1 is 1.11 bits per heavy atom. The average molecular weight is 395 g/mol. The molecule has 0 radical (unpaired) electrons. The molecule has 4 rings (SSSR count). The second-order valence-electron chi connectivity index (χ2n) is 6.14. The zero-order valence-corrected chi connectivity index (χ0v) is 15.5. The van der Waals surface area contributed by atoms with E-state index in [-0.39, 0.29) is 17.3 Å². The van der Waals surface area contributed by atoms with E-state index in [1.54, 1.807) is 24.3 Å². The fourth-order valence-electron chi connectivity index (χ4n) is 2.80.